The van der Waals surface area contributed by atoms with Crippen molar-refractivity contribution in [2.24, 2.45) is 0 Å². The first-order valence-electron chi connectivity index (χ1n) is 8.71. The Morgan fingerprint density at radius 1 is 1.17 bits per heavy atom. The number of nitrogens with one attached hydrogen (secondary N) is 3. The molecule has 154 valence electrons. The second kappa shape index (κ2) is 7.43. The maximum absolute atomic E-state index is 12.8. The van der Waals surface area contributed by atoms with Crippen LogP contribution in [0.3, 0.4) is 0 Å². The molecule has 0 saturated heterocycles. The lowest BCUT2D eigenvalue weighted by molar-refractivity contribution is -0.143. The smallest absolute Gasteiger partial charge is 0.278 e. The van der Waals surface area contributed by atoms with Gasteiger partial charge in [0.15, 0.2) is 5.13 Å². The molecule has 1 unspecified atom stereocenters. The van der Waals surface area contributed by atoms with E-state index in [1.54, 1.807) is 29.6 Å². The largest absolute Gasteiger partial charge is 0.466 e. The summed E-state index contributed by atoms with van der Waals surface area (Å²) in [6, 6.07) is 12.3. The first kappa shape index (κ1) is 19.9. The molecule has 30 heavy (non-hydrogen) atoms. The molecule has 1 aromatic heterocycles. The molecule has 1 aliphatic rings. The minimum atomic E-state index is -3.81. The number of amides is 2. The Hall–Kier alpha value is -3.44. The van der Waals surface area contributed by atoms with E-state index in [4.69, 9.17) is 4.74 Å². The summed E-state index contributed by atoms with van der Waals surface area (Å²) in [4.78, 5) is 29.1. The molecular weight excluding hydrogens is 428 g/mol. The average molecular weight is 444 g/mol. The number of hydrogen-bond acceptors (Lipinski definition) is 7. The molecule has 0 radical (unpaired) electrons. The third kappa shape index (κ3) is 3.72. The fourth-order valence-corrected chi connectivity index (χ4v) is 4.52. The number of sulfonamides is 1. The number of fused-ring (bicyclic) bond motifs is 1. The predicted octanol–water partition coefficient (Wildman–Crippen LogP) is 2.67. The lowest BCUT2D eigenvalue weighted by atomic mass is 10.0. The summed E-state index contributed by atoms with van der Waals surface area (Å²) in [6.07, 6.45) is 1.49. The quantitative estimate of drug-likeness (QED) is 0.520. The number of carbonyl (C=O) groups excluding carboxylic acids is 2. The molecule has 0 bridgehead atoms. The van der Waals surface area contributed by atoms with E-state index in [-0.39, 0.29) is 10.0 Å². The summed E-state index contributed by atoms with van der Waals surface area (Å²) in [5, 5.41) is 7.14. The molecule has 2 heterocycles. The molecule has 3 aromatic rings. The fourth-order valence-electron chi connectivity index (χ4n) is 2.73. The molecule has 0 fully saturated rings. The van der Waals surface area contributed by atoms with Gasteiger partial charge >= 0.3 is 0 Å². The zero-order valence-electron chi connectivity index (χ0n) is 15.6. The number of ether oxygens (including phenoxy) is 1. The number of aromatic nitrogens is 1. The summed E-state index contributed by atoms with van der Waals surface area (Å²) in [5.41, 5.74) is -0.995. The van der Waals surface area contributed by atoms with Crippen LogP contribution in [0.2, 0.25) is 0 Å². The Kier molecular flexibility index (Phi) is 4.92. The number of para-hydroxylation sites is 2. The minimum absolute atomic E-state index is 0.00231. The van der Waals surface area contributed by atoms with Crippen molar-refractivity contribution in [1.82, 2.24) is 4.98 Å². The van der Waals surface area contributed by atoms with Gasteiger partial charge in [0.2, 0.25) is 0 Å². The predicted molar refractivity (Wildman–Crippen MR) is 112 cm³/mol. The Balaban J connectivity index is 1.49. The van der Waals surface area contributed by atoms with Crippen LogP contribution in [0.5, 0.6) is 5.75 Å². The number of anilines is 3. The SMILES string of the molecule is CC1(C(=O)Nc2ccc(S(=O)(=O)Nc3nccs3)cc2)Oc2ccccc2NC1=O. The van der Waals surface area contributed by atoms with Crippen molar-refractivity contribution in [3.8, 4) is 5.75 Å². The van der Waals surface area contributed by atoms with Crippen LogP contribution in [0.15, 0.2) is 65.0 Å². The molecule has 11 heteroatoms. The first-order valence-corrected chi connectivity index (χ1v) is 11.1. The van der Waals surface area contributed by atoms with E-state index in [1.807, 2.05) is 0 Å². The number of hydrogen-bond donors (Lipinski definition) is 3. The molecule has 1 aliphatic heterocycles. The van der Waals surface area contributed by atoms with Crippen LogP contribution < -0.4 is 20.1 Å². The summed E-state index contributed by atoms with van der Waals surface area (Å²) in [7, 11) is -3.81. The van der Waals surface area contributed by atoms with Crippen LogP contribution in [-0.4, -0.2) is 30.8 Å². The van der Waals surface area contributed by atoms with E-state index in [0.717, 1.165) is 11.3 Å². The highest BCUT2D eigenvalue weighted by molar-refractivity contribution is 7.93. The second-order valence-electron chi connectivity index (χ2n) is 6.51. The van der Waals surface area contributed by atoms with Gasteiger partial charge in [-0.1, -0.05) is 12.1 Å². The third-order valence-electron chi connectivity index (χ3n) is 4.39. The fraction of sp³-hybridized carbons (Fsp3) is 0.105. The monoisotopic (exact) mass is 444 g/mol. The second-order valence-corrected chi connectivity index (χ2v) is 9.08. The van der Waals surface area contributed by atoms with E-state index in [9.17, 15) is 18.0 Å². The standard InChI is InChI=1S/C19H16N4O5S2/c1-19(17(25)22-14-4-2-3-5-15(14)28-19)16(24)21-12-6-8-13(9-7-12)30(26,27)23-18-20-10-11-29-18/h2-11H,1H3,(H,20,23)(H,21,24)(H,22,25). The van der Waals surface area contributed by atoms with Gasteiger partial charge in [-0.3, -0.25) is 14.3 Å². The lowest BCUT2D eigenvalue weighted by Gasteiger charge is -2.33. The highest BCUT2D eigenvalue weighted by Crippen LogP contribution is 2.33. The molecule has 0 saturated carbocycles. The van der Waals surface area contributed by atoms with Gasteiger partial charge in [0.25, 0.3) is 27.4 Å². The molecule has 2 amide bonds. The van der Waals surface area contributed by atoms with Crippen LogP contribution in [-0.2, 0) is 19.6 Å². The average Bonchev–Trinajstić information content (AvgIpc) is 3.21. The van der Waals surface area contributed by atoms with E-state index >= 15 is 0 Å². The van der Waals surface area contributed by atoms with Crippen LogP contribution in [0, 0.1) is 0 Å². The van der Waals surface area contributed by atoms with Gasteiger partial charge in [-0.2, -0.15) is 0 Å². The Labute approximate surface area is 176 Å². The molecule has 0 aliphatic carbocycles. The first-order chi connectivity index (χ1) is 14.3. The van der Waals surface area contributed by atoms with Gasteiger partial charge < -0.3 is 15.4 Å². The van der Waals surface area contributed by atoms with Crippen LogP contribution >= 0.6 is 11.3 Å². The van der Waals surface area contributed by atoms with Gasteiger partial charge in [-0.05, 0) is 43.3 Å². The van der Waals surface area contributed by atoms with Gasteiger partial charge in [-0.15, -0.1) is 11.3 Å². The number of nitrogens with zero attached hydrogens (tertiary/aromatic N) is 1. The highest BCUT2D eigenvalue weighted by Gasteiger charge is 2.47. The Bertz CT molecular complexity index is 1210. The Morgan fingerprint density at radius 2 is 1.90 bits per heavy atom. The van der Waals surface area contributed by atoms with Crippen LogP contribution in [0.25, 0.3) is 0 Å². The van der Waals surface area contributed by atoms with Crippen molar-refractivity contribution < 1.29 is 22.7 Å². The van der Waals surface area contributed by atoms with E-state index in [1.165, 1.54) is 37.4 Å². The van der Waals surface area contributed by atoms with E-state index in [2.05, 4.69) is 20.3 Å². The summed E-state index contributed by atoms with van der Waals surface area (Å²) in [5.74, 6) is -0.916. The van der Waals surface area contributed by atoms with Crippen molar-refractivity contribution in [3.05, 3.63) is 60.1 Å². The number of carbonyl (C=O) groups is 2. The van der Waals surface area contributed by atoms with Crippen molar-refractivity contribution in [3.63, 3.8) is 0 Å². The van der Waals surface area contributed by atoms with Gasteiger partial charge in [0.1, 0.15) is 5.75 Å². The van der Waals surface area contributed by atoms with Crippen molar-refractivity contribution >= 4 is 49.7 Å². The topological polar surface area (TPSA) is 126 Å². The van der Waals surface area contributed by atoms with Crippen LogP contribution in [0.4, 0.5) is 16.5 Å². The van der Waals surface area contributed by atoms with Gasteiger partial charge in [0, 0.05) is 17.3 Å². The molecular formula is C19H16N4O5S2. The maximum Gasteiger partial charge on any atom is 0.278 e. The van der Waals surface area contributed by atoms with Gasteiger partial charge in [0.05, 0.1) is 10.6 Å². The Morgan fingerprint density at radius 3 is 2.60 bits per heavy atom. The van der Waals surface area contributed by atoms with E-state index < -0.39 is 27.4 Å². The number of thiazole rings is 1. The molecule has 3 N–H and O–H groups in total. The minimum Gasteiger partial charge on any atom is -0.466 e. The molecule has 2 aromatic carbocycles. The molecule has 9 nitrogen and oxygen atoms in total. The molecule has 1 atom stereocenters. The molecule has 0 spiro atoms. The normalized spacial score (nSPS) is 18.0. The van der Waals surface area contributed by atoms with Crippen molar-refractivity contribution in [2.45, 2.75) is 17.4 Å². The lowest BCUT2D eigenvalue weighted by Crippen LogP contribution is -2.56. The zero-order chi connectivity index (χ0) is 21.4. The zero-order valence-corrected chi connectivity index (χ0v) is 17.2. The highest BCUT2D eigenvalue weighted by atomic mass is 32.2. The summed E-state index contributed by atoms with van der Waals surface area (Å²) in [6.45, 7) is 1.37. The molecule has 4 rings (SSSR count). The van der Waals surface area contributed by atoms with E-state index in [0.29, 0.717) is 17.1 Å². The number of benzene rings is 2. The summed E-state index contributed by atoms with van der Waals surface area (Å²) < 4.78 is 32.8. The number of rotatable bonds is 5. The van der Waals surface area contributed by atoms with Crippen molar-refractivity contribution in [2.75, 3.05) is 15.4 Å². The van der Waals surface area contributed by atoms with Crippen molar-refractivity contribution in [1.29, 1.82) is 0 Å². The summed E-state index contributed by atoms with van der Waals surface area (Å²) >= 11 is 1.16. The van der Waals surface area contributed by atoms with Crippen LogP contribution in [0.1, 0.15) is 6.92 Å². The third-order valence-corrected chi connectivity index (χ3v) is 6.56. The maximum atomic E-state index is 12.8. The van der Waals surface area contributed by atoms with Gasteiger partial charge in [-0.25, -0.2) is 13.4 Å².